The molecule has 0 aromatic carbocycles. The number of rotatable bonds is 1. The van der Waals surface area contributed by atoms with E-state index in [1.165, 1.54) is 6.08 Å². The molecule has 58 valence electrons. The molecule has 0 heterocycles. The second-order valence-electron chi connectivity index (χ2n) is 3.10. The molecule has 1 aliphatic rings. The Balaban J connectivity index is 2.53. The highest BCUT2D eigenvalue weighted by molar-refractivity contribution is 5.00. The van der Waals surface area contributed by atoms with Gasteiger partial charge in [0.15, 0.2) is 0 Å². The molecule has 10 heavy (non-hydrogen) atoms. The zero-order chi connectivity index (χ0) is 7.61. The predicted octanol–water partition coefficient (Wildman–Crippen LogP) is 1.78. The lowest BCUT2D eigenvalue weighted by atomic mass is 9.84. The van der Waals surface area contributed by atoms with E-state index in [0.29, 0.717) is 12.8 Å². The van der Waals surface area contributed by atoms with Crippen molar-refractivity contribution in [2.24, 2.45) is 5.73 Å². The Kier molecular flexibility index (Phi) is 2.09. The van der Waals surface area contributed by atoms with E-state index in [1.807, 2.05) is 0 Å². The van der Waals surface area contributed by atoms with Crippen molar-refractivity contribution in [2.75, 3.05) is 0 Å². The lowest BCUT2D eigenvalue weighted by Crippen LogP contribution is -2.36. The van der Waals surface area contributed by atoms with Crippen LogP contribution in [0.25, 0.3) is 0 Å². The monoisotopic (exact) mass is 143 g/mol. The lowest BCUT2D eigenvalue weighted by molar-refractivity contribution is 0.150. The van der Waals surface area contributed by atoms with Crippen LogP contribution in [0.3, 0.4) is 0 Å². The van der Waals surface area contributed by atoms with Gasteiger partial charge >= 0.3 is 0 Å². The topological polar surface area (TPSA) is 26.0 Å². The highest BCUT2D eigenvalue weighted by Crippen LogP contribution is 2.31. The Morgan fingerprint density at radius 1 is 1.70 bits per heavy atom. The fraction of sp³-hybridized carbons (Fsp3) is 0.750. The summed E-state index contributed by atoms with van der Waals surface area (Å²) in [6, 6.07) is 0.0387. The molecule has 2 unspecified atom stereocenters. The van der Waals surface area contributed by atoms with E-state index in [-0.39, 0.29) is 6.04 Å². The number of hydrogen-bond acceptors (Lipinski definition) is 1. The first kappa shape index (κ1) is 7.73. The summed E-state index contributed by atoms with van der Waals surface area (Å²) in [6.45, 7) is 3.46. The molecule has 0 aliphatic heterocycles. The molecule has 1 saturated carbocycles. The molecule has 0 bridgehead atoms. The minimum atomic E-state index is -1.17. The summed E-state index contributed by atoms with van der Waals surface area (Å²) in [5.74, 6) is 0. The summed E-state index contributed by atoms with van der Waals surface area (Å²) in [7, 11) is 0. The molecule has 0 radical (unpaired) electrons. The molecular weight excluding hydrogens is 129 g/mol. The first-order valence-electron chi connectivity index (χ1n) is 3.74. The van der Waals surface area contributed by atoms with Gasteiger partial charge in [-0.05, 0) is 19.3 Å². The van der Waals surface area contributed by atoms with Crippen molar-refractivity contribution in [3.05, 3.63) is 12.7 Å². The molecule has 0 saturated heterocycles. The molecule has 0 aromatic heterocycles. The van der Waals surface area contributed by atoms with Crippen LogP contribution in [0, 0.1) is 0 Å². The van der Waals surface area contributed by atoms with Crippen LogP contribution in [0.4, 0.5) is 4.39 Å². The summed E-state index contributed by atoms with van der Waals surface area (Å²) in [6.07, 6.45) is 4.30. The smallest absolute Gasteiger partial charge is 0.130 e. The molecule has 0 spiro atoms. The second-order valence-corrected chi connectivity index (χ2v) is 3.10. The van der Waals surface area contributed by atoms with Crippen LogP contribution in [0.1, 0.15) is 25.7 Å². The molecule has 2 atom stereocenters. The Labute approximate surface area is 61.1 Å². The minimum Gasteiger partial charge on any atom is -0.328 e. The van der Waals surface area contributed by atoms with Crippen molar-refractivity contribution in [2.45, 2.75) is 37.4 Å². The van der Waals surface area contributed by atoms with Crippen LogP contribution >= 0.6 is 0 Å². The van der Waals surface area contributed by atoms with Crippen LogP contribution in [-0.4, -0.2) is 11.7 Å². The van der Waals surface area contributed by atoms with E-state index in [2.05, 4.69) is 6.58 Å². The summed E-state index contributed by atoms with van der Waals surface area (Å²) in [5, 5.41) is 0. The molecule has 1 fully saturated rings. The van der Waals surface area contributed by atoms with Crippen LogP contribution in [-0.2, 0) is 0 Å². The summed E-state index contributed by atoms with van der Waals surface area (Å²) < 4.78 is 13.4. The highest BCUT2D eigenvalue weighted by atomic mass is 19.1. The Hall–Kier alpha value is -0.370. The third kappa shape index (κ3) is 1.57. The number of allylic oxidation sites excluding steroid dienone is 1. The summed E-state index contributed by atoms with van der Waals surface area (Å²) >= 11 is 0. The molecule has 1 rings (SSSR count). The Morgan fingerprint density at radius 2 is 2.40 bits per heavy atom. The van der Waals surface area contributed by atoms with E-state index >= 15 is 0 Å². The first-order chi connectivity index (χ1) is 4.66. The third-order valence-corrected chi connectivity index (χ3v) is 2.13. The molecule has 0 amide bonds. The minimum absolute atomic E-state index is 0.0387. The lowest BCUT2D eigenvalue weighted by Gasteiger charge is -2.30. The van der Waals surface area contributed by atoms with E-state index in [0.717, 1.165) is 12.8 Å². The Morgan fingerprint density at radius 3 is 2.80 bits per heavy atom. The normalized spacial score (nSPS) is 41.2. The maximum atomic E-state index is 13.4. The van der Waals surface area contributed by atoms with Gasteiger partial charge in [-0.1, -0.05) is 12.7 Å². The van der Waals surface area contributed by atoms with E-state index in [1.54, 1.807) is 0 Å². The van der Waals surface area contributed by atoms with Crippen molar-refractivity contribution >= 4 is 0 Å². The SMILES string of the molecule is C=CC1(F)CCCC(N)C1. The van der Waals surface area contributed by atoms with Gasteiger partial charge in [0.05, 0.1) is 0 Å². The third-order valence-electron chi connectivity index (χ3n) is 2.13. The summed E-state index contributed by atoms with van der Waals surface area (Å²) in [5.41, 5.74) is 4.43. The van der Waals surface area contributed by atoms with Crippen LogP contribution in [0.5, 0.6) is 0 Å². The van der Waals surface area contributed by atoms with Crippen molar-refractivity contribution in [3.63, 3.8) is 0 Å². The molecule has 2 N–H and O–H groups in total. The quantitative estimate of drug-likeness (QED) is 0.556. The van der Waals surface area contributed by atoms with Crippen LogP contribution in [0.15, 0.2) is 12.7 Å². The molecular formula is C8H14FN. The molecule has 1 nitrogen and oxygen atoms in total. The zero-order valence-corrected chi connectivity index (χ0v) is 6.15. The maximum absolute atomic E-state index is 13.4. The fourth-order valence-corrected chi connectivity index (χ4v) is 1.48. The zero-order valence-electron chi connectivity index (χ0n) is 6.15. The Bertz CT molecular complexity index is 135. The molecule has 1 aliphatic carbocycles. The number of halogens is 1. The largest absolute Gasteiger partial charge is 0.328 e. The van der Waals surface area contributed by atoms with Gasteiger partial charge in [0.1, 0.15) is 5.67 Å². The maximum Gasteiger partial charge on any atom is 0.130 e. The van der Waals surface area contributed by atoms with Crippen LogP contribution < -0.4 is 5.73 Å². The fourth-order valence-electron chi connectivity index (χ4n) is 1.48. The van der Waals surface area contributed by atoms with Gasteiger partial charge < -0.3 is 5.73 Å². The van der Waals surface area contributed by atoms with Gasteiger partial charge in [-0.3, -0.25) is 0 Å². The van der Waals surface area contributed by atoms with E-state index < -0.39 is 5.67 Å². The summed E-state index contributed by atoms with van der Waals surface area (Å²) in [4.78, 5) is 0. The first-order valence-corrected chi connectivity index (χ1v) is 3.74. The van der Waals surface area contributed by atoms with Crippen molar-refractivity contribution < 1.29 is 4.39 Å². The van der Waals surface area contributed by atoms with Gasteiger partial charge in [0, 0.05) is 12.5 Å². The van der Waals surface area contributed by atoms with Crippen molar-refractivity contribution in [1.82, 2.24) is 0 Å². The van der Waals surface area contributed by atoms with Gasteiger partial charge in [-0.25, -0.2) is 4.39 Å². The standard InChI is InChI=1S/C8H14FN/c1-2-8(9)5-3-4-7(10)6-8/h2,7H,1,3-6,10H2. The molecule has 2 heteroatoms. The van der Waals surface area contributed by atoms with Crippen LogP contribution in [0.2, 0.25) is 0 Å². The van der Waals surface area contributed by atoms with Gasteiger partial charge in [-0.2, -0.15) is 0 Å². The number of nitrogens with two attached hydrogens (primary N) is 1. The van der Waals surface area contributed by atoms with Gasteiger partial charge in [-0.15, -0.1) is 0 Å². The van der Waals surface area contributed by atoms with Crippen molar-refractivity contribution in [1.29, 1.82) is 0 Å². The predicted molar refractivity (Wildman–Crippen MR) is 40.5 cm³/mol. The molecule has 0 aromatic rings. The van der Waals surface area contributed by atoms with E-state index in [9.17, 15) is 4.39 Å². The number of hydrogen-bond donors (Lipinski definition) is 1. The average Bonchev–Trinajstić information content (AvgIpc) is 1.88. The van der Waals surface area contributed by atoms with Crippen molar-refractivity contribution in [3.8, 4) is 0 Å². The number of alkyl halides is 1. The van der Waals surface area contributed by atoms with E-state index in [4.69, 9.17) is 5.73 Å². The second kappa shape index (κ2) is 2.70. The van der Waals surface area contributed by atoms with Gasteiger partial charge in [0.25, 0.3) is 0 Å². The average molecular weight is 143 g/mol. The van der Waals surface area contributed by atoms with Gasteiger partial charge in [0.2, 0.25) is 0 Å². The highest BCUT2D eigenvalue weighted by Gasteiger charge is 2.31.